The predicted molar refractivity (Wildman–Crippen MR) is 100 cm³/mol. The van der Waals surface area contributed by atoms with Crippen molar-refractivity contribution in [2.75, 3.05) is 10.6 Å². The second-order valence-electron chi connectivity index (χ2n) is 5.50. The number of anilines is 2. The van der Waals surface area contributed by atoms with Crippen molar-refractivity contribution in [1.82, 2.24) is 5.32 Å². The Morgan fingerprint density at radius 3 is 2.25 bits per heavy atom. The molecule has 2 aromatic rings. The Morgan fingerprint density at radius 1 is 0.917 bits per heavy atom. The number of carbonyl (C=O) groups excluding carboxylic acids is 2. The van der Waals surface area contributed by atoms with Gasteiger partial charge in [-0.15, -0.1) is 0 Å². The summed E-state index contributed by atoms with van der Waals surface area (Å²) < 4.78 is 0. The molecule has 0 bridgehead atoms. The minimum absolute atomic E-state index is 0.160. The Hall–Kier alpha value is -2.73. The van der Waals surface area contributed by atoms with Crippen molar-refractivity contribution in [3.8, 4) is 0 Å². The zero-order chi connectivity index (χ0) is 17.5. The van der Waals surface area contributed by atoms with Gasteiger partial charge in [-0.2, -0.15) is 0 Å². The number of para-hydroxylation sites is 1. The van der Waals surface area contributed by atoms with Gasteiger partial charge in [0, 0.05) is 22.9 Å². The highest BCUT2D eigenvalue weighted by atomic mass is 32.1. The third-order valence-corrected chi connectivity index (χ3v) is 3.38. The molecule has 0 atom stereocenters. The highest BCUT2D eigenvalue weighted by molar-refractivity contribution is 7.80. The van der Waals surface area contributed by atoms with Gasteiger partial charge in [0.2, 0.25) is 5.91 Å². The third-order valence-electron chi connectivity index (χ3n) is 3.18. The van der Waals surface area contributed by atoms with Crippen LogP contribution in [0.15, 0.2) is 54.6 Å². The van der Waals surface area contributed by atoms with Crippen molar-refractivity contribution in [3.05, 3.63) is 60.2 Å². The number of benzene rings is 2. The van der Waals surface area contributed by atoms with Crippen molar-refractivity contribution < 1.29 is 9.59 Å². The monoisotopic (exact) mass is 341 g/mol. The van der Waals surface area contributed by atoms with Gasteiger partial charge in [0.05, 0.1) is 0 Å². The molecule has 0 aromatic heterocycles. The molecular formula is C18H19N3O2S. The van der Waals surface area contributed by atoms with Crippen LogP contribution in [0.3, 0.4) is 0 Å². The molecule has 24 heavy (non-hydrogen) atoms. The minimum Gasteiger partial charge on any atom is -0.332 e. The second kappa shape index (κ2) is 8.21. The standard InChI is InChI=1S/C18H19N3O2S/c1-12(2)16(22)21-18(24)20-15-10-6-7-13(11-15)17(23)19-14-8-4-3-5-9-14/h3-12H,1-2H3,(H,19,23)(H2,20,21,22,24). The van der Waals surface area contributed by atoms with Gasteiger partial charge in [-0.05, 0) is 42.5 Å². The van der Waals surface area contributed by atoms with E-state index < -0.39 is 0 Å². The molecule has 0 aliphatic heterocycles. The van der Waals surface area contributed by atoms with Crippen molar-refractivity contribution >= 4 is 40.5 Å². The van der Waals surface area contributed by atoms with Crippen LogP contribution in [0.1, 0.15) is 24.2 Å². The number of thiocarbonyl (C=S) groups is 1. The fourth-order valence-corrected chi connectivity index (χ4v) is 2.10. The molecule has 2 amide bonds. The van der Waals surface area contributed by atoms with Crippen LogP contribution in [0, 0.1) is 5.92 Å². The molecule has 0 aliphatic rings. The Kier molecular flexibility index (Phi) is 6.03. The van der Waals surface area contributed by atoms with Gasteiger partial charge in [0.1, 0.15) is 0 Å². The Labute approximate surface area is 146 Å². The quantitative estimate of drug-likeness (QED) is 0.746. The first-order chi connectivity index (χ1) is 11.5. The fourth-order valence-electron chi connectivity index (χ4n) is 1.88. The summed E-state index contributed by atoms with van der Waals surface area (Å²) in [5, 5.41) is 8.52. The summed E-state index contributed by atoms with van der Waals surface area (Å²) in [4.78, 5) is 23.9. The van der Waals surface area contributed by atoms with Crippen LogP contribution in [-0.4, -0.2) is 16.9 Å². The van der Waals surface area contributed by atoms with Crippen LogP contribution in [-0.2, 0) is 4.79 Å². The summed E-state index contributed by atoms with van der Waals surface area (Å²) in [5.41, 5.74) is 1.84. The molecule has 0 heterocycles. The lowest BCUT2D eigenvalue weighted by atomic mass is 10.2. The zero-order valence-corrected chi connectivity index (χ0v) is 14.3. The summed E-state index contributed by atoms with van der Waals surface area (Å²) in [6.45, 7) is 3.57. The average Bonchev–Trinajstić information content (AvgIpc) is 2.55. The number of hydrogen-bond donors (Lipinski definition) is 3. The molecule has 2 rings (SSSR count). The molecule has 0 saturated heterocycles. The molecule has 5 nitrogen and oxygen atoms in total. The molecule has 0 saturated carbocycles. The molecule has 0 unspecified atom stereocenters. The summed E-state index contributed by atoms with van der Waals surface area (Å²) in [6.07, 6.45) is 0. The van der Waals surface area contributed by atoms with E-state index in [9.17, 15) is 9.59 Å². The maximum absolute atomic E-state index is 12.3. The van der Waals surface area contributed by atoms with Crippen LogP contribution < -0.4 is 16.0 Å². The van der Waals surface area contributed by atoms with E-state index in [1.165, 1.54) is 0 Å². The van der Waals surface area contributed by atoms with E-state index in [0.717, 1.165) is 5.69 Å². The Morgan fingerprint density at radius 2 is 1.58 bits per heavy atom. The summed E-state index contributed by atoms with van der Waals surface area (Å²) in [7, 11) is 0. The van der Waals surface area contributed by atoms with Gasteiger partial charge in [0.15, 0.2) is 5.11 Å². The first-order valence-electron chi connectivity index (χ1n) is 7.54. The molecule has 0 fully saturated rings. The SMILES string of the molecule is CC(C)C(=O)NC(=S)Nc1cccc(C(=O)Nc2ccccc2)c1. The molecule has 0 radical (unpaired) electrons. The Balaban J connectivity index is 2.02. The molecular weight excluding hydrogens is 322 g/mol. The van der Waals surface area contributed by atoms with Crippen molar-refractivity contribution in [3.63, 3.8) is 0 Å². The van der Waals surface area contributed by atoms with E-state index in [0.29, 0.717) is 11.3 Å². The average molecular weight is 341 g/mol. The molecule has 2 aromatic carbocycles. The first kappa shape index (κ1) is 17.6. The normalized spacial score (nSPS) is 10.1. The van der Waals surface area contributed by atoms with Crippen LogP contribution >= 0.6 is 12.2 Å². The van der Waals surface area contributed by atoms with Crippen molar-refractivity contribution in [2.24, 2.45) is 5.92 Å². The van der Waals surface area contributed by atoms with Gasteiger partial charge >= 0.3 is 0 Å². The van der Waals surface area contributed by atoms with Crippen molar-refractivity contribution in [1.29, 1.82) is 0 Å². The van der Waals surface area contributed by atoms with Gasteiger partial charge in [0.25, 0.3) is 5.91 Å². The maximum atomic E-state index is 12.3. The molecule has 6 heteroatoms. The van der Waals surface area contributed by atoms with Crippen molar-refractivity contribution in [2.45, 2.75) is 13.8 Å². The van der Waals surface area contributed by atoms with E-state index in [2.05, 4.69) is 16.0 Å². The fraction of sp³-hybridized carbons (Fsp3) is 0.167. The highest BCUT2D eigenvalue weighted by Crippen LogP contribution is 2.13. The van der Waals surface area contributed by atoms with Gasteiger partial charge in [-0.3, -0.25) is 9.59 Å². The minimum atomic E-state index is -0.220. The number of rotatable bonds is 4. The number of hydrogen-bond acceptors (Lipinski definition) is 3. The third kappa shape index (κ3) is 5.17. The molecule has 0 spiro atoms. The second-order valence-corrected chi connectivity index (χ2v) is 5.91. The van der Waals surface area contributed by atoms with E-state index in [1.54, 1.807) is 38.1 Å². The molecule has 124 valence electrons. The zero-order valence-electron chi connectivity index (χ0n) is 13.5. The lowest BCUT2D eigenvalue weighted by Gasteiger charge is -2.12. The number of amides is 2. The number of carbonyl (C=O) groups is 2. The number of nitrogens with one attached hydrogen (secondary N) is 3. The summed E-state index contributed by atoms with van der Waals surface area (Å²) in [5.74, 6) is -0.541. The highest BCUT2D eigenvalue weighted by Gasteiger charge is 2.10. The Bertz CT molecular complexity index is 745. The smallest absolute Gasteiger partial charge is 0.255 e. The van der Waals surface area contributed by atoms with E-state index >= 15 is 0 Å². The predicted octanol–water partition coefficient (Wildman–Crippen LogP) is 3.41. The largest absolute Gasteiger partial charge is 0.332 e. The van der Waals surface area contributed by atoms with E-state index in [4.69, 9.17) is 12.2 Å². The topological polar surface area (TPSA) is 70.2 Å². The van der Waals surface area contributed by atoms with E-state index in [-0.39, 0.29) is 22.8 Å². The van der Waals surface area contributed by atoms with E-state index in [1.807, 2.05) is 30.3 Å². The first-order valence-corrected chi connectivity index (χ1v) is 7.95. The summed E-state index contributed by atoms with van der Waals surface area (Å²) >= 11 is 5.10. The van der Waals surface area contributed by atoms with Crippen LogP contribution in [0.25, 0.3) is 0 Å². The lowest BCUT2D eigenvalue weighted by Crippen LogP contribution is -2.36. The van der Waals surface area contributed by atoms with Crippen LogP contribution in [0.4, 0.5) is 11.4 Å². The van der Waals surface area contributed by atoms with Gasteiger partial charge < -0.3 is 16.0 Å². The van der Waals surface area contributed by atoms with Gasteiger partial charge in [-0.1, -0.05) is 38.1 Å². The maximum Gasteiger partial charge on any atom is 0.255 e. The molecule has 0 aliphatic carbocycles. The van der Waals surface area contributed by atoms with Crippen LogP contribution in [0.5, 0.6) is 0 Å². The van der Waals surface area contributed by atoms with Crippen LogP contribution in [0.2, 0.25) is 0 Å². The molecule has 3 N–H and O–H groups in total. The van der Waals surface area contributed by atoms with Gasteiger partial charge in [-0.25, -0.2) is 0 Å². The lowest BCUT2D eigenvalue weighted by molar-refractivity contribution is -0.122. The summed E-state index contributed by atoms with van der Waals surface area (Å²) in [6, 6.07) is 16.1.